The predicted octanol–water partition coefficient (Wildman–Crippen LogP) is 8.96. The molecule has 0 radical (unpaired) electrons. The Kier molecular flexibility index (Phi) is 10.1. The fraction of sp³-hybridized carbons (Fsp3) is 0.824. The van der Waals surface area contributed by atoms with E-state index in [2.05, 4.69) is 24.8 Å². The molecule has 2 saturated carbocycles. The van der Waals surface area contributed by atoms with Gasteiger partial charge in [-0.2, -0.15) is 33.7 Å². The summed E-state index contributed by atoms with van der Waals surface area (Å²) in [6.45, 7) is 6.82. The molecule has 244 valence electrons. The number of thioether (sulfide) groups is 1. The molecule has 1 heterocycles. The predicted molar refractivity (Wildman–Crippen MR) is 163 cm³/mol. The third-order valence-electron chi connectivity index (χ3n) is 11.8. The summed E-state index contributed by atoms with van der Waals surface area (Å²) in [5.41, 5.74) is 2.83. The molecule has 0 unspecified atom stereocenters. The van der Waals surface area contributed by atoms with E-state index in [0.717, 1.165) is 89.5 Å². The first-order valence-corrected chi connectivity index (χ1v) is 17.7. The van der Waals surface area contributed by atoms with Gasteiger partial charge in [-0.15, -0.1) is 0 Å². The highest BCUT2D eigenvalue weighted by Crippen LogP contribution is 2.66. The van der Waals surface area contributed by atoms with Crippen molar-refractivity contribution in [1.82, 2.24) is 4.90 Å². The number of unbranched alkanes of at least 4 members (excludes halogenated alkanes) is 2. The van der Waals surface area contributed by atoms with Gasteiger partial charge in [0.05, 0.1) is 6.10 Å². The minimum Gasteiger partial charge on any atom is -0.508 e. The lowest BCUT2D eigenvalue weighted by molar-refractivity contribution is -0.284. The lowest BCUT2D eigenvalue weighted by Crippen LogP contribution is -2.51. The monoisotopic (exact) mass is 631 g/mol. The smallest absolute Gasteiger partial charge is 0.453 e. The van der Waals surface area contributed by atoms with E-state index in [1.807, 2.05) is 12.1 Å². The van der Waals surface area contributed by atoms with Crippen LogP contribution in [0, 0.1) is 22.7 Å². The fourth-order valence-corrected chi connectivity index (χ4v) is 10.7. The van der Waals surface area contributed by atoms with Crippen LogP contribution in [0.4, 0.5) is 22.0 Å². The number of likely N-dealkylation sites (tertiary alicyclic amines) is 1. The van der Waals surface area contributed by atoms with E-state index in [4.69, 9.17) is 0 Å². The fourth-order valence-electron chi connectivity index (χ4n) is 9.50. The maximum atomic E-state index is 13.2. The van der Waals surface area contributed by atoms with Gasteiger partial charge < -0.3 is 10.2 Å². The van der Waals surface area contributed by atoms with E-state index in [0.29, 0.717) is 35.3 Å². The molecule has 3 nitrogen and oxygen atoms in total. The van der Waals surface area contributed by atoms with Gasteiger partial charge in [0.2, 0.25) is 0 Å². The van der Waals surface area contributed by atoms with Crippen molar-refractivity contribution in [2.45, 2.75) is 127 Å². The Morgan fingerprint density at radius 2 is 1.79 bits per heavy atom. The molecular weight excluding hydrogens is 581 g/mol. The van der Waals surface area contributed by atoms with Crippen molar-refractivity contribution in [3.05, 3.63) is 29.3 Å². The highest BCUT2D eigenvalue weighted by molar-refractivity contribution is 7.99. The largest absolute Gasteiger partial charge is 0.508 e. The number of nitrogens with zero attached hydrogens (tertiary/aromatic N) is 1. The first kappa shape index (κ1) is 33.3. The van der Waals surface area contributed by atoms with Crippen LogP contribution in [-0.4, -0.2) is 64.0 Å². The van der Waals surface area contributed by atoms with Crippen LogP contribution in [-0.2, 0) is 6.42 Å². The normalized spacial score (nSPS) is 34.7. The highest BCUT2D eigenvalue weighted by Gasteiger charge is 2.59. The number of phenols is 1. The SMILES string of the molecule is C[C@]1(CCCCCN2CCC[C@H]2CSCCCC(F)(F)C(F)(F)F)Cc2cc(O)ccc2[C@H]2CC[C@]3(C)[C@@H](O)CC[C@H]3[C@@H]21. The minimum absolute atomic E-state index is 0.00116. The molecule has 0 aromatic heterocycles. The number of rotatable bonds is 12. The molecule has 1 saturated heterocycles. The van der Waals surface area contributed by atoms with Crippen LogP contribution in [0.3, 0.4) is 0 Å². The Labute approximate surface area is 258 Å². The summed E-state index contributed by atoms with van der Waals surface area (Å²) < 4.78 is 63.5. The average Bonchev–Trinajstić information content (AvgIpc) is 3.50. The maximum absolute atomic E-state index is 13.2. The van der Waals surface area contributed by atoms with Crippen molar-refractivity contribution in [3.63, 3.8) is 0 Å². The van der Waals surface area contributed by atoms with Crippen LogP contribution in [0.5, 0.6) is 5.75 Å². The van der Waals surface area contributed by atoms with Gasteiger partial charge in [0.25, 0.3) is 0 Å². The van der Waals surface area contributed by atoms with Gasteiger partial charge in [-0.1, -0.05) is 32.8 Å². The van der Waals surface area contributed by atoms with Crippen molar-refractivity contribution < 1.29 is 32.2 Å². The van der Waals surface area contributed by atoms with E-state index in [1.165, 1.54) is 22.9 Å². The molecular formula is C34H50F5NO2S. The highest BCUT2D eigenvalue weighted by atomic mass is 32.2. The zero-order valence-corrected chi connectivity index (χ0v) is 26.6. The number of fused-ring (bicyclic) bond motifs is 5. The summed E-state index contributed by atoms with van der Waals surface area (Å²) >= 11 is 1.50. The molecule has 2 N–H and O–H groups in total. The Balaban J connectivity index is 1.11. The first-order chi connectivity index (χ1) is 20.3. The molecule has 5 rings (SSSR count). The number of phenolic OH excluding ortho intramolecular Hbond substituents is 1. The number of hydrogen-bond donors (Lipinski definition) is 2. The van der Waals surface area contributed by atoms with Gasteiger partial charge in [-0.05, 0) is 135 Å². The summed E-state index contributed by atoms with van der Waals surface area (Å²) in [7, 11) is 0. The zero-order chi connectivity index (χ0) is 31.0. The molecule has 1 aromatic carbocycles. The molecule has 0 amide bonds. The van der Waals surface area contributed by atoms with Crippen LogP contribution >= 0.6 is 11.8 Å². The van der Waals surface area contributed by atoms with Crippen molar-refractivity contribution in [1.29, 1.82) is 0 Å². The number of aromatic hydroxyl groups is 1. The summed E-state index contributed by atoms with van der Waals surface area (Å²) in [6.07, 6.45) is 4.87. The van der Waals surface area contributed by atoms with Gasteiger partial charge >= 0.3 is 12.1 Å². The van der Waals surface area contributed by atoms with E-state index in [-0.39, 0.29) is 23.4 Å². The molecule has 0 bridgehead atoms. The number of alkyl halides is 5. The number of aliphatic hydroxyl groups is 1. The van der Waals surface area contributed by atoms with E-state index in [9.17, 15) is 32.2 Å². The molecule has 43 heavy (non-hydrogen) atoms. The number of halogens is 5. The van der Waals surface area contributed by atoms with Crippen LogP contribution < -0.4 is 0 Å². The molecule has 0 spiro atoms. The third-order valence-corrected chi connectivity index (χ3v) is 13.0. The summed E-state index contributed by atoms with van der Waals surface area (Å²) in [4.78, 5) is 2.49. The summed E-state index contributed by atoms with van der Waals surface area (Å²) in [5.74, 6) is -1.59. The summed E-state index contributed by atoms with van der Waals surface area (Å²) in [5, 5.41) is 21.3. The van der Waals surface area contributed by atoms with Crippen LogP contribution in [0.25, 0.3) is 0 Å². The molecule has 1 aromatic rings. The van der Waals surface area contributed by atoms with Gasteiger partial charge in [0.15, 0.2) is 0 Å². The Bertz CT molecular complexity index is 1100. The topological polar surface area (TPSA) is 43.7 Å². The van der Waals surface area contributed by atoms with Crippen molar-refractivity contribution in [3.8, 4) is 5.75 Å². The van der Waals surface area contributed by atoms with Gasteiger partial charge in [0.1, 0.15) is 5.75 Å². The molecule has 3 fully saturated rings. The average molecular weight is 632 g/mol. The van der Waals surface area contributed by atoms with Crippen molar-refractivity contribution in [2.24, 2.45) is 22.7 Å². The Hall–Kier alpha value is -1.06. The third kappa shape index (κ3) is 6.89. The van der Waals surface area contributed by atoms with E-state index in [1.54, 1.807) is 0 Å². The zero-order valence-electron chi connectivity index (χ0n) is 25.8. The second-order valence-electron chi connectivity index (χ2n) is 14.6. The summed E-state index contributed by atoms with van der Waals surface area (Å²) in [6, 6.07) is 6.35. The lowest BCUT2D eigenvalue weighted by Gasteiger charge is -2.57. The second-order valence-corrected chi connectivity index (χ2v) is 15.8. The molecule has 4 aliphatic rings. The van der Waals surface area contributed by atoms with Crippen LogP contribution in [0.1, 0.15) is 108 Å². The Morgan fingerprint density at radius 3 is 2.56 bits per heavy atom. The minimum atomic E-state index is -5.46. The molecule has 1 aliphatic heterocycles. The molecule has 7 atom stereocenters. The standard InChI is InChI=1S/C34H50F5NO2S/c1-31(14-4-3-5-17-40-18-6-8-24(40)22-43-19-7-15-33(35,36)34(37,38)39)21-23-20-25(41)9-10-26(23)27-13-16-32(2)28(30(27)31)11-12-29(32)42/h9-10,20,24,27-30,41-42H,3-8,11-19,21-22H2,1-2H3/t24-,27+,28-,29-,30+,31-,32-/m0/s1. The van der Waals surface area contributed by atoms with Gasteiger partial charge in [-0.25, -0.2) is 0 Å². The number of benzene rings is 1. The lowest BCUT2D eigenvalue weighted by atomic mass is 9.47. The van der Waals surface area contributed by atoms with E-state index >= 15 is 0 Å². The first-order valence-electron chi connectivity index (χ1n) is 16.5. The quantitative estimate of drug-likeness (QED) is 0.179. The number of aliphatic hydroxyl groups excluding tert-OH is 1. The second kappa shape index (κ2) is 13.0. The van der Waals surface area contributed by atoms with Crippen LogP contribution in [0.15, 0.2) is 18.2 Å². The Morgan fingerprint density at radius 1 is 1.00 bits per heavy atom. The number of hydrogen-bond acceptors (Lipinski definition) is 4. The van der Waals surface area contributed by atoms with Crippen molar-refractivity contribution >= 4 is 11.8 Å². The van der Waals surface area contributed by atoms with E-state index < -0.39 is 18.5 Å². The maximum Gasteiger partial charge on any atom is 0.453 e. The van der Waals surface area contributed by atoms with Gasteiger partial charge in [-0.3, -0.25) is 4.90 Å². The molecule has 9 heteroatoms. The van der Waals surface area contributed by atoms with Gasteiger partial charge in [0, 0.05) is 18.2 Å². The van der Waals surface area contributed by atoms with Crippen LogP contribution in [0.2, 0.25) is 0 Å². The molecule has 3 aliphatic carbocycles. The van der Waals surface area contributed by atoms with Crippen molar-refractivity contribution in [2.75, 3.05) is 24.6 Å².